The van der Waals surface area contributed by atoms with Crippen molar-refractivity contribution in [1.82, 2.24) is 9.78 Å². The number of amides is 1. The molecule has 28 heavy (non-hydrogen) atoms. The van der Waals surface area contributed by atoms with Gasteiger partial charge in [0.1, 0.15) is 0 Å². The minimum absolute atomic E-state index is 0.122. The minimum Gasteiger partial charge on any atom is -0.322 e. The van der Waals surface area contributed by atoms with Crippen molar-refractivity contribution in [2.75, 3.05) is 11.6 Å². The molecule has 1 amide bonds. The summed E-state index contributed by atoms with van der Waals surface area (Å²) in [5, 5.41) is 7.39. The molecule has 0 radical (unpaired) electrons. The first-order valence-corrected chi connectivity index (χ1v) is 11.0. The Morgan fingerprint density at radius 2 is 1.82 bits per heavy atom. The molecule has 0 spiro atoms. The Hall–Kier alpha value is -2.93. The Morgan fingerprint density at radius 1 is 1.11 bits per heavy atom. The predicted octanol–water partition coefficient (Wildman–Crippen LogP) is 3.71. The first-order chi connectivity index (χ1) is 13.3. The van der Waals surface area contributed by atoms with Crippen molar-refractivity contribution in [2.45, 2.75) is 30.6 Å². The third-order valence-electron chi connectivity index (χ3n) is 4.75. The molecule has 6 nitrogen and oxygen atoms in total. The van der Waals surface area contributed by atoms with Gasteiger partial charge in [0.25, 0.3) is 5.91 Å². The summed E-state index contributed by atoms with van der Waals surface area (Å²) in [4.78, 5) is 12.6. The van der Waals surface area contributed by atoms with Gasteiger partial charge < -0.3 is 5.32 Å². The second-order valence-corrected chi connectivity index (χ2v) is 9.21. The molecule has 0 bridgehead atoms. The molecule has 1 aliphatic carbocycles. The standard InChI is InChI=1S/C21H21N3O3S/c1-14-12-20(15-6-7-15)24(23-14)18-10-8-17(9-11-18)22-21(25)16-4-3-5-19(13-16)28(2,26)27/h3-5,8-13,15H,6-7H2,1-2H3,(H,22,25). The van der Waals surface area contributed by atoms with Crippen LogP contribution in [0.15, 0.2) is 59.5 Å². The number of nitrogens with zero attached hydrogens (tertiary/aromatic N) is 2. The summed E-state index contributed by atoms with van der Waals surface area (Å²) < 4.78 is 25.3. The van der Waals surface area contributed by atoms with Gasteiger partial charge in [-0.25, -0.2) is 13.1 Å². The van der Waals surface area contributed by atoms with E-state index in [-0.39, 0.29) is 10.8 Å². The topological polar surface area (TPSA) is 81.1 Å². The van der Waals surface area contributed by atoms with Crippen LogP contribution >= 0.6 is 0 Å². The zero-order valence-corrected chi connectivity index (χ0v) is 16.5. The third-order valence-corrected chi connectivity index (χ3v) is 5.86. The summed E-state index contributed by atoms with van der Waals surface area (Å²) in [5.74, 6) is 0.231. The molecule has 4 rings (SSSR count). The first-order valence-electron chi connectivity index (χ1n) is 9.10. The number of rotatable bonds is 5. The molecule has 0 saturated heterocycles. The SMILES string of the molecule is Cc1cc(C2CC2)n(-c2ccc(NC(=O)c3cccc(S(C)(=O)=O)c3)cc2)n1. The van der Waals surface area contributed by atoms with Crippen molar-refractivity contribution >= 4 is 21.4 Å². The lowest BCUT2D eigenvalue weighted by molar-refractivity contribution is 0.102. The van der Waals surface area contributed by atoms with E-state index in [1.54, 1.807) is 12.1 Å². The molecule has 1 aliphatic rings. The van der Waals surface area contributed by atoms with E-state index in [0.29, 0.717) is 17.2 Å². The maximum absolute atomic E-state index is 12.5. The smallest absolute Gasteiger partial charge is 0.255 e. The van der Waals surface area contributed by atoms with Gasteiger partial charge in [0.2, 0.25) is 0 Å². The van der Waals surface area contributed by atoms with E-state index in [4.69, 9.17) is 0 Å². The molecular formula is C21H21N3O3S. The number of aromatic nitrogens is 2. The lowest BCUT2D eigenvalue weighted by Gasteiger charge is -2.09. The van der Waals surface area contributed by atoms with Gasteiger partial charge >= 0.3 is 0 Å². The van der Waals surface area contributed by atoms with Crippen LogP contribution in [0.5, 0.6) is 0 Å². The molecule has 1 fully saturated rings. The summed E-state index contributed by atoms with van der Waals surface area (Å²) in [6, 6.07) is 15.6. The van der Waals surface area contributed by atoms with Crippen molar-refractivity contribution in [3.8, 4) is 5.69 Å². The highest BCUT2D eigenvalue weighted by Crippen LogP contribution is 2.41. The van der Waals surface area contributed by atoms with E-state index >= 15 is 0 Å². The Morgan fingerprint density at radius 3 is 2.46 bits per heavy atom. The number of anilines is 1. The summed E-state index contributed by atoms with van der Waals surface area (Å²) >= 11 is 0. The second kappa shape index (κ2) is 6.91. The van der Waals surface area contributed by atoms with E-state index < -0.39 is 9.84 Å². The number of sulfone groups is 1. The normalized spacial score (nSPS) is 14.1. The maximum atomic E-state index is 12.5. The van der Waals surface area contributed by atoms with Crippen LogP contribution in [0.2, 0.25) is 0 Å². The Kier molecular flexibility index (Phi) is 4.55. The fraction of sp³-hybridized carbons (Fsp3) is 0.238. The van der Waals surface area contributed by atoms with Crippen LogP contribution in [0, 0.1) is 6.92 Å². The van der Waals surface area contributed by atoms with Crippen LogP contribution in [-0.2, 0) is 9.84 Å². The fourth-order valence-electron chi connectivity index (χ4n) is 3.15. The molecule has 1 N–H and O–H groups in total. The van der Waals surface area contributed by atoms with Gasteiger partial charge in [-0.15, -0.1) is 0 Å². The number of hydrogen-bond acceptors (Lipinski definition) is 4. The molecule has 7 heteroatoms. The van der Waals surface area contributed by atoms with E-state index in [1.165, 1.54) is 30.7 Å². The quantitative estimate of drug-likeness (QED) is 0.714. The molecule has 144 valence electrons. The third kappa shape index (κ3) is 3.84. The van der Waals surface area contributed by atoms with Gasteiger partial charge in [0.15, 0.2) is 9.84 Å². The zero-order valence-electron chi connectivity index (χ0n) is 15.7. The van der Waals surface area contributed by atoms with Gasteiger partial charge in [0.05, 0.1) is 16.3 Å². The van der Waals surface area contributed by atoms with Crippen molar-refractivity contribution in [1.29, 1.82) is 0 Å². The van der Waals surface area contributed by atoms with Crippen LogP contribution in [0.3, 0.4) is 0 Å². The van der Waals surface area contributed by atoms with Crippen LogP contribution < -0.4 is 5.32 Å². The second-order valence-electron chi connectivity index (χ2n) is 7.20. The summed E-state index contributed by atoms with van der Waals surface area (Å²) in [6.07, 6.45) is 3.52. The maximum Gasteiger partial charge on any atom is 0.255 e. The molecule has 3 aromatic rings. The highest BCUT2D eigenvalue weighted by Gasteiger charge is 2.28. The van der Waals surface area contributed by atoms with E-state index in [0.717, 1.165) is 17.6 Å². The van der Waals surface area contributed by atoms with Crippen LogP contribution in [0.25, 0.3) is 5.69 Å². The highest BCUT2D eigenvalue weighted by atomic mass is 32.2. The molecule has 0 aliphatic heterocycles. The van der Waals surface area contributed by atoms with Crippen LogP contribution in [0.1, 0.15) is 40.5 Å². The van der Waals surface area contributed by atoms with Gasteiger partial charge in [-0.2, -0.15) is 5.10 Å². The van der Waals surface area contributed by atoms with E-state index in [9.17, 15) is 13.2 Å². The molecule has 1 saturated carbocycles. The Bertz CT molecular complexity index is 1140. The number of hydrogen-bond donors (Lipinski definition) is 1. The predicted molar refractivity (Wildman–Crippen MR) is 108 cm³/mol. The van der Waals surface area contributed by atoms with E-state index in [2.05, 4.69) is 16.5 Å². The first kappa shape index (κ1) is 18.4. The average molecular weight is 395 g/mol. The number of benzene rings is 2. The summed E-state index contributed by atoms with van der Waals surface area (Å²) in [6.45, 7) is 1.99. The lowest BCUT2D eigenvalue weighted by atomic mass is 10.2. The molecule has 1 aromatic heterocycles. The van der Waals surface area contributed by atoms with Gasteiger partial charge in [-0.3, -0.25) is 4.79 Å². The van der Waals surface area contributed by atoms with Gasteiger partial charge in [-0.05, 0) is 68.3 Å². The summed E-state index contributed by atoms with van der Waals surface area (Å²) in [7, 11) is -3.36. The monoisotopic (exact) mass is 395 g/mol. The van der Waals surface area contributed by atoms with E-state index in [1.807, 2.05) is 35.9 Å². The Labute approximate surface area is 164 Å². The number of carbonyl (C=O) groups is 1. The number of aryl methyl sites for hydroxylation is 1. The molecule has 1 heterocycles. The molecule has 0 atom stereocenters. The molecular weight excluding hydrogens is 374 g/mol. The average Bonchev–Trinajstić information content (AvgIpc) is 3.43. The van der Waals surface area contributed by atoms with Crippen molar-refractivity contribution in [3.63, 3.8) is 0 Å². The number of carbonyl (C=O) groups excluding carboxylic acids is 1. The summed E-state index contributed by atoms with van der Waals surface area (Å²) in [5.41, 5.74) is 4.10. The van der Waals surface area contributed by atoms with Gasteiger partial charge in [0, 0.05) is 29.1 Å². The highest BCUT2D eigenvalue weighted by molar-refractivity contribution is 7.90. The van der Waals surface area contributed by atoms with Gasteiger partial charge in [-0.1, -0.05) is 6.07 Å². The van der Waals surface area contributed by atoms with Crippen LogP contribution in [0.4, 0.5) is 5.69 Å². The number of nitrogens with one attached hydrogen (secondary N) is 1. The van der Waals surface area contributed by atoms with Crippen LogP contribution in [-0.4, -0.2) is 30.4 Å². The minimum atomic E-state index is -3.36. The Balaban J connectivity index is 1.53. The largest absolute Gasteiger partial charge is 0.322 e. The van der Waals surface area contributed by atoms with Crippen molar-refractivity contribution in [2.24, 2.45) is 0 Å². The molecule has 0 unspecified atom stereocenters. The fourth-order valence-corrected chi connectivity index (χ4v) is 3.82. The van der Waals surface area contributed by atoms with Crippen molar-refractivity contribution in [3.05, 3.63) is 71.5 Å². The lowest BCUT2D eigenvalue weighted by Crippen LogP contribution is -2.13. The molecule has 2 aromatic carbocycles. The van der Waals surface area contributed by atoms with Crippen molar-refractivity contribution < 1.29 is 13.2 Å². The zero-order chi connectivity index (χ0) is 19.9.